The fourth-order valence-electron chi connectivity index (χ4n) is 1.63. The third-order valence-corrected chi connectivity index (χ3v) is 2.95. The average molecular weight is 290 g/mol. The van der Waals surface area contributed by atoms with Crippen molar-refractivity contribution >= 4 is 11.6 Å². The van der Waals surface area contributed by atoms with Gasteiger partial charge in [0.1, 0.15) is 11.5 Å². The second kappa shape index (κ2) is 4.90. The Balaban J connectivity index is 2.40. The summed E-state index contributed by atoms with van der Waals surface area (Å²) in [7, 11) is 0. The van der Waals surface area contributed by atoms with Gasteiger partial charge in [0, 0.05) is 5.56 Å². The predicted molar refractivity (Wildman–Crippen MR) is 66.8 cm³/mol. The van der Waals surface area contributed by atoms with Gasteiger partial charge in [-0.3, -0.25) is 0 Å². The number of furan rings is 1. The molecule has 102 valence electrons. The van der Waals surface area contributed by atoms with E-state index in [-0.39, 0.29) is 11.1 Å². The number of hydrogen-bond acceptors (Lipinski definition) is 2. The number of nitrogens with two attached hydrogens (primary N) is 1. The van der Waals surface area contributed by atoms with Gasteiger partial charge in [0.15, 0.2) is 0 Å². The van der Waals surface area contributed by atoms with Gasteiger partial charge in [-0.15, -0.1) is 0 Å². The molecule has 0 saturated heterocycles. The van der Waals surface area contributed by atoms with Crippen LogP contribution < -0.4 is 5.73 Å². The van der Waals surface area contributed by atoms with Gasteiger partial charge in [0.05, 0.1) is 16.6 Å². The zero-order chi connectivity index (χ0) is 14.2. The molecule has 0 aliphatic carbocycles. The second-order valence-corrected chi connectivity index (χ2v) is 4.59. The number of hydrogen-bond donors (Lipinski definition) is 1. The van der Waals surface area contributed by atoms with Crippen LogP contribution in [-0.4, -0.2) is 0 Å². The largest absolute Gasteiger partial charge is 0.459 e. The predicted octanol–water partition coefficient (Wildman–Crippen LogP) is 4.64. The molecule has 1 heterocycles. The molecule has 1 atom stereocenters. The Labute approximate surface area is 113 Å². The summed E-state index contributed by atoms with van der Waals surface area (Å²) >= 11 is 5.87. The van der Waals surface area contributed by atoms with Crippen LogP contribution in [0.2, 0.25) is 5.02 Å². The average Bonchev–Trinajstić information content (AvgIpc) is 2.76. The third kappa shape index (κ3) is 2.93. The molecular formula is C13H11ClF3NO. The molecule has 0 saturated carbocycles. The molecule has 0 radical (unpaired) electrons. The molecule has 6 heteroatoms. The lowest BCUT2D eigenvalue weighted by molar-refractivity contribution is -0.137. The SMILES string of the molecule is CC(N)c1ccc(-c2ccc(C(F)(F)F)cc2Cl)o1. The number of halogens is 4. The molecule has 1 unspecified atom stereocenters. The number of alkyl halides is 3. The Morgan fingerprint density at radius 2 is 1.89 bits per heavy atom. The van der Waals surface area contributed by atoms with E-state index in [9.17, 15) is 13.2 Å². The molecule has 0 aliphatic heterocycles. The van der Waals surface area contributed by atoms with Gasteiger partial charge >= 0.3 is 6.18 Å². The van der Waals surface area contributed by atoms with Crippen LogP contribution in [0.15, 0.2) is 34.7 Å². The smallest absolute Gasteiger partial charge is 0.416 e. The van der Waals surface area contributed by atoms with Gasteiger partial charge in [-0.25, -0.2) is 0 Å². The monoisotopic (exact) mass is 289 g/mol. The minimum atomic E-state index is -4.41. The van der Waals surface area contributed by atoms with Crippen molar-refractivity contribution in [2.45, 2.75) is 19.1 Å². The molecule has 1 aromatic carbocycles. The molecule has 0 fully saturated rings. The Hall–Kier alpha value is -1.46. The first-order chi connectivity index (χ1) is 8.79. The standard InChI is InChI=1S/C13H11ClF3NO/c1-7(18)11-4-5-12(19-11)9-3-2-8(6-10(9)14)13(15,16)17/h2-7H,18H2,1H3. The van der Waals surface area contributed by atoms with E-state index in [2.05, 4.69) is 0 Å². The van der Waals surface area contributed by atoms with Crippen molar-refractivity contribution in [2.24, 2.45) is 5.73 Å². The molecule has 1 aromatic heterocycles. The summed E-state index contributed by atoms with van der Waals surface area (Å²) in [5.41, 5.74) is 5.26. The minimum absolute atomic E-state index is 0.0135. The van der Waals surface area contributed by atoms with E-state index < -0.39 is 11.7 Å². The highest BCUT2D eigenvalue weighted by Crippen LogP contribution is 2.36. The lowest BCUT2D eigenvalue weighted by Gasteiger charge is -2.08. The quantitative estimate of drug-likeness (QED) is 0.875. The molecule has 0 aliphatic rings. The van der Waals surface area contributed by atoms with Gasteiger partial charge in [0.2, 0.25) is 0 Å². The molecule has 0 bridgehead atoms. The highest BCUT2D eigenvalue weighted by molar-refractivity contribution is 6.33. The molecule has 0 amide bonds. The van der Waals surface area contributed by atoms with E-state index >= 15 is 0 Å². The highest BCUT2D eigenvalue weighted by atomic mass is 35.5. The van der Waals surface area contributed by atoms with E-state index in [1.165, 1.54) is 6.07 Å². The minimum Gasteiger partial charge on any atom is -0.459 e. The molecular weight excluding hydrogens is 279 g/mol. The summed E-state index contributed by atoms with van der Waals surface area (Å²) in [6.45, 7) is 1.75. The van der Waals surface area contributed by atoms with Crippen LogP contribution in [0.25, 0.3) is 11.3 Å². The summed E-state index contributed by atoms with van der Waals surface area (Å²) in [6, 6.07) is 6.15. The van der Waals surface area contributed by atoms with Crippen LogP contribution in [-0.2, 0) is 6.18 Å². The fraction of sp³-hybridized carbons (Fsp3) is 0.231. The van der Waals surface area contributed by atoms with Crippen molar-refractivity contribution in [1.29, 1.82) is 0 Å². The van der Waals surface area contributed by atoms with Gasteiger partial charge in [0.25, 0.3) is 0 Å². The van der Waals surface area contributed by atoms with Gasteiger partial charge in [-0.05, 0) is 37.3 Å². The summed E-state index contributed by atoms with van der Waals surface area (Å²) in [5, 5.41) is -0.0135. The second-order valence-electron chi connectivity index (χ2n) is 4.18. The van der Waals surface area contributed by atoms with Gasteiger partial charge in [-0.1, -0.05) is 11.6 Å². The zero-order valence-corrected chi connectivity index (χ0v) is 10.7. The van der Waals surface area contributed by atoms with Crippen LogP contribution in [0.5, 0.6) is 0 Å². The van der Waals surface area contributed by atoms with Crippen molar-refractivity contribution in [2.75, 3.05) is 0 Å². The van der Waals surface area contributed by atoms with E-state index in [0.717, 1.165) is 12.1 Å². The van der Waals surface area contributed by atoms with E-state index in [4.69, 9.17) is 21.8 Å². The summed E-state index contributed by atoms with van der Waals surface area (Å²) in [4.78, 5) is 0. The molecule has 19 heavy (non-hydrogen) atoms. The summed E-state index contributed by atoms with van der Waals surface area (Å²) in [6.07, 6.45) is -4.41. The topological polar surface area (TPSA) is 39.2 Å². The fourth-order valence-corrected chi connectivity index (χ4v) is 1.91. The van der Waals surface area contributed by atoms with Crippen LogP contribution in [0.4, 0.5) is 13.2 Å². The maximum atomic E-state index is 12.5. The normalized spacial score (nSPS) is 13.6. The van der Waals surface area contributed by atoms with Crippen molar-refractivity contribution in [3.63, 3.8) is 0 Å². The Morgan fingerprint density at radius 3 is 2.37 bits per heavy atom. The zero-order valence-electron chi connectivity index (χ0n) is 9.96. The van der Waals surface area contributed by atoms with Crippen molar-refractivity contribution < 1.29 is 17.6 Å². The van der Waals surface area contributed by atoms with Gasteiger partial charge in [-0.2, -0.15) is 13.2 Å². The van der Waals surface area contributed by atoms with Crippen LogP contribution in [0.1, 0.15) is 24.3 Å². The van der Waals surface area contributed by atoms with Crippen LogP contribution in [0, 0.1) is 0 Å². The lowest BCUT2D eigenvalue weighted by atomic mass is 10.1. The summed E-state index contributed by atoms with van der Waals surface area (Å²) < 4.78 is 43.0. The van der Waals surface area contributed by atoms with Crippen LogP contribution in [0.3, 0.4) is 0 Å². The number of rotatable bonds is 2. The van der Waals surface area contributed by atoms with Crippen molar-refractivity contribution in [1.82, 2.24) is 0 Å². The first kappa shape index (κ1) is 14.0. The molecule has 0 spiro atoms. The Morgan fingerprint density at radius 1 is 1.21 bits per heavy atom. The van der Waals surface area contributed by atoms with Crippen molar-refractivity contribution in [3.05, 3.63) is 46.7 Å². The maximum Gasteiger partial charge on any atom is 0.416 e. The van der Waals surface area contributed by atoms with Crippen molar-refractivity contribution in [3.8, 4) is 11.3 Å². The first-order valence-electron chi connectivity index (χ1n) is 5.51. The van der Waals surface area contributed by atoms with E-state index in [1.54, 1.807) is 19.1 Å². The van der Waals surface area contributed by atoms with E-state index in [0.29, 0.717) is 17.1 Å². The maximum absolute atomic E-state index is 12.5. The molecule has 2 N–H and O–H groups in total. The Kier molecular flexibility index (Phi) is 3.60. The highest BCUT2D eigenvalue weighted by Gasteiger charge is 2.31. The number of benzene rings is 1. The van der Waals surface area contributed by atoms with Crippen LogP contribution >= 0.6 is 11.6 Å². The first-order valence-corrected chi connectivity index (χ1v) is 5.89. The van der Waals surface area contributed by atoms with E-state index in [1.807, 2.05) is 0 Å². The Bertz CT molecular complexity index is 590. The molecule has 2 rings (SSSR count). The summed E-state index contributed by atoms with van der Waals surface area (Å²) in [5.74, 6) is 0.942. The van der Waals surface area contributed by atoms with Gasteiger partial charge < -0.3 is 10.2 Å². The lowest BCUT2D eigenvalue weighted by Crippen LogP contribution is -2.04. The molecule has 2 nitrogen and oxygen atoms in total. The third-order valence-electron chi connectivity index (χ3n) is 2.64. The molecule has 2 aromatic rings.